The fourth-order valence-electron chi connectivity index (χ4n) is 2.10. The first-order valence-corrected chi connectivity index (χ1v) is 5.31. The van der Waals surface area contributed by atoms with Gasteiger partial charge in [0.1, 0.15) is 0 Å². The Labute approximate surface area is 89.8 Å². The molecule has 2 aromatic carbocycles. The summed E-state index contributed by atoms with van der Waals surface area (Å²) in [6, 6.07) is 17.3. The molecule has 0 saturated carbocycles. The van der Waals surface area contributed by atoms with Gasteiger partial charge in [-0.1, -0.05) is 42.5 Å². The summed E-state index contributed by atoms with van der Waals surface area (Å²) in [5.41, 5.74) is 5.50. The van der Waals surface area contributed by atoms with Crippen molar-refractivity contribution in [3.63, 3.8) is 0 Å². The summed E-state index contributed by atoms with van der Waals surface area (Å²) in [4.78, 5) is 0. The first kappa shape index (κ1) is 8.69. The van der Waals surface area contributed by atoms with Crippen LogP contribution in [0.15, 0.2) is 48.5 Å². The molecule has 1 N–H and O–H groups in total. The van der Waals surface area contributed by atoms with Gasteiger partial charge in [0.15, 0.2) is 0 Å². The van der Waals surface area contributed by atoms with Gasteiger partial charge < -0.3 is 5.32 Å². The van der Waals surface area contributed by atoms with Crippen LogP contribution in [-0.4, -0.2) is 0 Å². The van der Waals surface area contributed by atoms with Crippen LogP contribution in [0.4, 0.5) is 0 Å². The van der Waals surface area contributed by atoms with Crippen molar-refractivity contribution >= 4 is 0 Å². The van der Waals surface area contributed by atoms with E-state index in [2.05, 4.69) is 53.8 Å². The average molecular weight is 195 g/mol. The van der Waals surface area contributed by atoms with E-state index in [0.29, 0.717) is 0 Å². The molecular weight excluding hydrogens is 182 g/mol. The first-order valence-electron chi connectivity index (χ1n) is 5.31. The van der Waals surface area contributed by atoms with E-state index in [1.807, 2.05) is 0 Å². The molecule has 0 atom stereocenters. The Kier molecular flexibility index (Phi) is 2.04. The fraction of sp³-hybridized carbons (Fsp3) is 0.143. The molecule has 0 unspecified atom stereocenters. The predicted octanol–water partition coefficient (Wildman–Crippen LogP) is 2.96. The molecule has 74 valence electrons. The van der Waals surface area contributed by atoms with E-state index in [0.717, 1.165) is 13.1 Å². The number of hydrogen-bond acceptors (Lipinski definition) is 1. The second kappa shape index (κ2) is 3.52. The molecule has 15 heavy (non-hydrogen) atoms. The zero-order valence-corrected chi connectivity index (χ0v) is 8.53. The van der Waals surface area contributed by atoms with E-state index in [9.17, 15) is 0 Å². The lowest BCUT2D eigenvalue weighted by Crippen LogP contribution is -1.99. The number of nitrogens with one attached hydrogen (secondary N) is 1. The summed E-state index contributed by atoms with van der Waals surface area (Å²) in [5, 5.41) is 3.37. The van der Waals surface area contributed by atoms with Gasteiger partial charge in [-0.2, -0.15) is 0 Å². The second-order valence-electron chi connectivity index (χ2n) is 3.95. The van der Waals surface area contributed by atoms with Crippen LogP contribution in [0.25, 0.3) is 11.1 Å². The van der Waals surface area contributed by atoms with Gasteiger partial charge in [-0.15, -0.1) is 0 Å². The van der Waals surface area contributed by atoms with Gasteiger partial charge in [0, 0.05) is 13.1 Å². The molecule has 0 amide bonds. The average Bonchev–Trinajstić information content (AvgIpc) is 2.77. The van der Waals surface area contributed by atoms with E-state index >= 15 is 0 Å². The maximum absolute atomic E-state index is 3.37. The standard InChI is InChI=1S/C14H13N/c1-2-4-11(5-3-1)12-6-7-13-9-15-10-14(13)8-12/h1-8,15H,9-10H2. The molecule has 1 nitrogen and oxygen atoms in total. The number of benzene rings is 2. The molecule has 0 saturated heterocycles. The molecule has 1 aliphatic heterocycles. The molecule has 0 aliphatic carbocycles. The lowest BCUT2D eigenvalue weighted by Gasteiger charge is -2.04. The van der Waals surface area contributed by atoms with Crippen molar-refractivity contribution in [2.45, 2.75) is 13.1 Å². The van der Waals surface area contributed by atoms with E-state index < -0.39 is 0 Å². The number of hydrogen-bond donors (Lipinski definition) is 1. The Hall–Kier alpha value is -1.60. The Bertz CT molecular complexity index is 474. The minimum Gasteiger partial charge on any atom is -0.309 e. The lowest BCUT2D eigenvalue weighted by molar-refractivity contribution is 0.765. The molecule has 2 aromatic rings. The maximum Gasteiger partial charge on any atom is 0.0212 e. The SMILES string of the molecule is c1ccc(-c2ccc3c(c2)CNC3)cc1. The molecule has 0 fully saturated rings. The lowest BCUT2D eigenvalue weighted by atomic mass is 10.0. The van der Waals surface area contributed by atoms with Gasteiger partial charge in [0.2, 0.25) is 0 Å². The van der Waals surface area contributed by atoms with Gasteiger partial charge >= 0.3 is 0 Å². The molecule has 0 aromatic heterocycles. The second-order valence-corrected chi connectivity index (χ2v) is 3.95. The van der Waals surface area contributed by atoms with E-state index in [1.54, 1.807) is 0 Å². The van der Waals surface area contributed by atoms with Gasteiger partial charge in [0.25, 0.3) is 0 Å². The molecule has 0 radical (unpaired) electrons. The van der Waals surface area contributed by atoms with Crippen molar-refractivity contribution in [1.82, 2.24) is 5.32 Å². The monoisotopic (exact) mass is 195 g/mol. The fourth-order valence-corrected chi connectivity index (χ4v) is 2.10. The van der Waals surface area contributed by atoms with Crippen molar-refractivity contribution in [2.75, 3.05) is 0 Å². The Morgan fingerprint density at radius 1 is 0.733 bits per heavy atom. The Morgan fingerprint density at radius 3 is 2.40 bits per heavy atom. The summed E-state index contributed by atoms with van der Waals surface area (Å²) in [6.07, 6.45) is 0. The topological polar surface area (TPSA) is 12.0 Å². The van der Waals surface area contributed by atoms with Crippen LogP contribution in [0.5, 0.6) is 0 Å². The molecule has 1 heteroatoms. The van der Waals surface area contributed by atoms with Crippen molar-refractivity contribution in [1.29, 1.82) is 0 Å². The summed E-state index contributed by atoms with van der Waals surface area (Å²) >= 11 is 0. The zero-order valence-electron chi connectivity index (χ0n) is 8.53. The summed E-state index contributed by atoms with van der Waals surface area (Å²) in [7, 11) is 0. The Balaban J connectivity index is 2.07. The number of rotatable bonds is 1. The molecule has 1 heterocycles. The quantitative estimate of drug-likeness (QED) is 0.737. The largest absolute Gasteiger partial charge is 0.309 e. The van der Waals surface area contributed by atoms with Crippen LogP contribution in [0.2, 0.25) is 0 Å². The van der Waals surface area contributed by atoms with Crippen LogP contribution in [0.3, 0.4) is 0 Å². The van der Waals surface area contributed by atoms with Gasteiger partial charge in [0.05, 0.1) is 0 Å². The van der Waals surface area contributed by atoms with E-state index in [1.165, 1.54) is 22.3 Å². The molecule has 0 spiro atoms. The smallest absolute Gasteiger partial charge is 0.0212 e. The normalized spacial score (nSPS) is 13.9. The predicted molar refractivity (Wildman–Crippen MR) is 62.4 cm³/mol. The van der Waals surface area contributed by atoms with Gasteiger partial charge in [-0.25, -0.2) is 0 Å². The summed E-state index contributed by atoms with van der Waals surface area (Å²) in [5.74, 6) is 0. The third kappa shape index (κ3) is 1.55. The minimum absolute atomic E-state index is 1.01. The maximum atomic E-state index is 3.37. The van der Waals surface area contributed by atoms with Gasteiger partial charge in [-0.3, -0.25) is 0 Å². The van der Waals surface area contributed by atoms with Crippen molar-refractivity contribution < 1.29 is 0 Å². The van der Waals surface area contributed by atoms with Crippen LogP contribution >= 0.6 is 0 Å². The first-order chi connectivity index (χ1) is 7.43. The van der Waals surface area contributed by atoms with Crippen molar-refractivity contribution in [2.24, 2.45) is 0 Å². The molecular formula is C14H13N. The third-order valence-electron chi connectivity index (χ3n) is 2.94. The summed E-state index contributed by atoms with van der Waals surface area (Å²) in [6.45, 7) is 2.03. The van der Waals surface area contributed by atoms with E-state index in [-0.39, 0.29) is 0 Å². The highest BCUT2D eigenvalue weighted by Crippen LogP contribution is 2.24. The Morgan fingerprint density at radius 2 is 1.53 bits per heavy atom. The van der Waals surface area contributed by atoms with Crippen molar-refractivity contribution in [3.05, 3.63) is 59.7 Å². The van der Waals surface area contributed by atoms with Crippen LogP contribution in [0, 0.1) is 0 Å². The van der Waals surface area contributed by atoms with E-state index in [4.69, 9.17) is 0 Å². The highest BCUT2D eigenvalue weighted by molar-refractivity contribution is 5.65. The molecule has 0 bridgehead atoms. The summed E-state index contributed by atoms with van der Waals surface area (Å²) < 4.78 is 0. The van der Waals surface area contributed by atoms with Crippen LogP contribution in [-0.2, 0) is 13.1 Å². The highest BCUT2D eigenvalue weighted by Gasteiger charge is 2.10. The van der Waals surface area contributed by atoms with Gasteiger partial charge in [-0.05, 0) is 28.3 Å². The number of fused-ring (bicyclic) bond motifs is 1. The highest BCUT2D eigenvalue weighted by atomic mass is 14.9. The third-order valence-corrected chi connectivity index (χ3v) is 2.94. The molecule has 1 aliphatic rings. The zero-order chi connectivity index (χ0) is 10.1. The van der Waals surface area contributed by atoms with Crippen LogP contribution < -0.4 is 5.32 Å². The minimum atomic E-state index is 1.01. The van der Waals surface area contributed by atoms with Crippen molar-refractivity contribution in [3.8, 4) is 11.1 Å². The molecule has 3 rings (SSSR count). The van der Waals surface area contributed by atoms with Crippen LogP contribution in [0.1, 0.15) is 11.1 Å².